The maximum atomic E-state index is 8.85. The van der Waals surface area contributed by atoms with Gasteiger partial charge in [-0.3, -0.25) is 0 Å². The van der Waals surface area contributed by atoms with E-state index in [9.17, 15) is 0 Å². The Morgan fingerprint density at radius 1 is 1.35 bits per heavy atom. The van der Waals surface area contributed by atoms with E-state index in [0.717, 1.165) is 11.1 Å². The summed E-state index contributed by atoms with van der Waals surface area (Å²) in [7, 11) is 0. The molecular weight excluding hydrogens is 278 g/mol. The fraction of sp³-hybridized carbons (Fsp3) is 0.143. The van der Waals surface area contributed by atoms with Crippen molar-refractivity contribution in [3.8, 4) is 11.6 Å². The number of benzene rings is 1. The molecule has 0 unspecified atom stereocenters. The summed E-state index contributed by atoms with van der Waals surface area (Å²) in [6, 6.07) is 7.16. The minimum Gasteiger partial charge on any atom is -0.437 e. The van der Waals surface area contributed by atoms with Crippen molar-refractivity contribution < 1.29 is 9.94 Å². The summed E-state index contributed by atoms with van der Waals surface area (Å²) in [4.78, 5) is 4.11. The van der Waals surface area contributed by atoms with Crippen LogP contribution in [-0.4, -0.2) is 16.0 Å². The lowest BCUT2D eigenvalue weighted by atomic mass is 10.1. The van der Waals surface area contributed by atoms with Crippen LogP contribution in [0.3, 0.4) is 0 Å². The molecule has 0 amide bonds. The van der Waals surface area contributed by atoms with Crippen LogP contribution in [0.15, 0.2) is 35.6 Å². The standard InChI is InChI=1S/C14H14ClN3O2/c1-8-3-4-11(10(15)7-8)20-14-12(13(16)18-19)9(2)5-6-17-14/h3-7,19H,1-2H3,(H2,16,18). The van der Waals surface area contributed by atoms with Gasteiger partial charge in [-0.05, 0) is 43.2 Å². The highest BCUT2D eigenvalue weighted by Gasteiger charge is 2.15. The van der Waals surface area contributed by atoms with E-state index in [4.69, 9.17) is 27.3 Å². The molecule has 0 spiro atoms. The second-order valence-electron chi connectivity index (χ2n) is 4.33. The fourth-order valence-corrected chi connectivity index (χ4v) is 2.04. The summed E-state index contributed by atoms with van der Waals surface area (Å²) in [5.74, 6) is 0.641. The molecule has 3 N–H and O–H groups in total. The van der Waals surface area contributed by atoms with Gasteiger partial charge < -0.3 is 15.7 Å². The van der Waals surface area contributed by atoms with Gasteiger partial charge in [-0.25, -0.2) is 4.98 Å². The van der Waals surface area contributed by atoms with Crippen LogP contribution in [0.2, 0.25) is 5.02 Å². The van der Waals surface area contributed by atoms with Gasteiger partial charge in [-0.2, -0.15) is 0 Å². The maximum Gasteiger partial charge on any atom is 0.230 e. The zero-order chi connectivity index (χ0) is 14.7. The van der Waals surface area contributed by atoms with E-state index in [1.54, 1.807) is 24.4 Å². The van der Waals surface area contributed by atoms with E-state index < -0.39 is 0 Å². The van der Waals surface area contributed by atoms with Gasteiger partial charge in [0.1, 0.15) is 5.75 Å². The molecule has 0 saturated heterocycles. The average molecular weight is 292 g/mol. The van der Waals surface area contributed by atoms with Crippen molar-refractivity contribution in [1.29, 1.82) is 0 Å². The Hall–Kier alpha value is -2.27. The molecule has 0 bridgehead atoms. The van der Waals surface area contributed by atoms with E-state index in [-0.39, 0.29) is 11.7 Å². The number of aromatic nitrogens is 1. The average Bonchev–Trinajstić information content (AvgIpc) is 2.41. The first-order valence-electron chi connectivity index (χ1n) is 5.90. The number of oxime groups is 1. The number of nitrogens with two attached hydrogens (primary N) is 1. The summed E-state index contributed by atoms with van der Waals surface area (Å²) in [6.45, 7) is 3.75. The summed E-state index contributed by atoms with van der Waals surface area (Å²) in [5.41, 5.74) is 7.91. The van der Waals surface area contributed by atoms with E-state index in [0.29, 0.717) is 16.3 Å². The Morgan fingerprint density at radius 2 is 2.10 bits per heavy atom. The highest BCUT2D eigenvalue weighted by atomic mass is 35.5. The Labute approximate surface area is 121 Å². The molecule has 0 aliphatic carbocycles. The van der Waals surface area contributed by atoms with Crippen molar-refractivity contribution in [2.75, 3.05) is 0 Å². The molecule has 0 aliphatic rings. The maximum absolute atomic E-state index is 8.85. The third-order valence-corrected chi connectivity index (χ3v) is 3.08. The van der Waals surface area contributed by atoms with Crippen LogP contribution in [0.1, 0.15) is 16.7 Å². The van der Waals surface area contributed by atoms with Crippen molar-refractivity contribution in [3.63, 3.8) is 0 Å². The number of hydrogen-bond donors (Lipinski definition) is 2. The highest BCUT2D eigenvalue weighted by molar-refractivity contribution is 6.32. The van der Waals surface area contributed by atoms with Gasteiger partial charge in [-0.1, -0.05) is 22.8 Å². The second-order valence-corrected chi connectivity index (χ2v) is 4.74. The minimum atomic E-state index is -0.0613. The van der Waals surface area contributed by atoms with Crippen LogP contribution in [0, 0.1) is 13.8 Å². The van der Waals surface area contributed by atoms with Gasteiger partial charge in [0.05, 0.1) is 10.6 Å². The number of rotatable bonds is 3. The van der Waals surface area contributed by atoms with Gasteiger partial charge in [0.2, 0.25) is 5.88 Å². The zero-order valence-corrected chi connectivity index (χ0v) is 11.8. The number of nitrogens with zero attached hydrogens (tertiary/aromatic N) is 2. The Bertz CT molecular complexity index is 671. The Morgan fingerprint density at radius 3 is 2.75 bits per heavy atom. The minimum absolute atomic E-state index is 0.0613. The first-order valence-corrected chi connectivity index (χ1v) is 6.28. The van der Waals surface area contributed by atoms with Crippen LogP contribution in [0.4, 0.5) is 0 Å². The molecule has 0 atom stereocenters. The summed E-state index contributed by atoms with van der Waals surface area (Å²) in [6.07, 6.45) is 1.58. The van der Waals surface area contributed by atoms with E-state index in [2.05, 4.69) is 10.1 Å². The predicted octanol–water partition coefficient (Wildman–Crippen LogP) is 3.24. The lowest BCUT2D eigenvalue weighted by Gasteiger charge is -2.12. The van der Waals surface area contributed by atoms with Gasteiger partial charge >= 0.3 is 0 Å². The lowest BCUT2D eigenvalue weighted by molar-refractivity contribution is 0.318. The van der Waals surface area contributed by atoms with Crippen molar-refractivity contribution in [1.82, 2.24) is 4.98 Å². The third kappa shape index (κ3) is 2.83. The summed E-state index contributed by atoms with van der Waals surface area (Å²) >= 11 is 6.12. The molecule has 0 saturated carbocycles. The van der Waals surface area contributed by atoms with Gasteiger partial charge in [0.25, 0.3) is 0 Å². The highest BCUT2D eigenvalue weighted by Crippen LogP contribution is 2.31. The molecule has 1 heterocycles. The number of amidine groups is 1. The Kier molecular flexibility index (Phi) is 4.10. The van der Waals surface area contributed by atoms with Crippen LogP contribution >= 0.6 is 11.6 Å². The first-order chi connectivity index (χ1) is 9.52. The second kappa shape index (κ2) is 5.79. The zero-order valence-electron chi connectivity index (χ0n) is 11.1. The molecule has 0 fully saturated rings. The normalized spacial score (nSPS) is 11.4. The topological polar surface area (TPSA) is 80.7 Å². The van der Waals surface area contributed by atoms with E-state index in [1.807, 2.05) is 19.9 Å². The number of aryl methyl sites for hydroxylation is 2. The molecule has 5 nitrogen and oxygen atoms in total. The quantitative estimate of drug-likeness (QED) is 0.394. The van der Waals surface area contributed by atoms with Gasteiger partial charge in [0.15, 0.2) is 5.84 Å². The summed E-state index contributed by atoms with van der Waals surface area (Å²) in [5, 5.41) is 12.3. The molecule has 0 radical (unpaired) electrons. The molecule has 1 aromatic carbocycles. The summed E-state index contributed by atoms with van der Waals surface area (Å²) < 4.78 is 5.68. The molecule has 6 heteroatoms. The van der Waals surface area contributed by atoms with Crippen LogP contribution in [0.25, 0.3) is 0 Å². The number of ether oxygens (including phenoxy) is 1. The smallest absolute Gasteiger partial charge is 0.230 e. The van der Waals surface area contributed by atoms with E-state index >= 15 is 0 Å². The molecule has 2 rings (SSSR count). The van der Waals surface area contributed by atoms with Crippen molar-refractivity contribution >= 4 is 17.4 Å². The van der Waals surface area contributed by atoms with Crippen molar-refractivity contribution in [3.05, 3.63) is 52.2 Å². The van der Waals surface area contributed by atoms with Crippen LogP contribution < -0.4 is 10.5 Å². The molecule has 20 heavy (non-hydrogen) atoms. The number of pyridine rings is 1. The van der Waals surface area contributed by atoms with Crippen molar-refractivity contribution in [2.24, 2.45) is 10.9 Å². The van der Waals surface area contributed by atoms with Gasteiger partial charge in [-0.15, -0.1) is 0 Å². The fourth-order valence-electron chi connectivity index (χ4n) is 1.77. The monoisotopic (exact) mass is 291 g/mol. The molecule has 1 aromatic heterocycles. The molecule has 104 valence electrons. The van der Waals surface area contributed by atoms with Crippen LogP contribution in [0.5, 0.6) is 11.6 Å². The number of hydrogen-bond acceptors (Lipinski definition) is 4. The lowest BCUT2D eigenvalue weighted by Crippen LogP contribution is -2.16. The van der Waals surface area contributed by atoms with E-state index in [1.165, 1.54) is 0 Å². The molecule has 2 aromatic rings. The SMILES string of the molecule is Cc1ccc(Oc2nccc(C)c2/C(N)=N/O)c(Cl)c1. The van der Waals surface area contributed by atoms with Gasteiger partial charge in [0, 0.05) is 6.20 Å². The van der Waals surface area contributed by atoms with Crippen LogP contribution in [-0.2, 0) is 0 Å². The van der Waals surface area contributed by atoms with Crippen molar-refractivity contribution in [2.45, 2.75) is 13.8 Å². The predicted molar refractivity (Wildman–Crippen MR) is 77.7 cm³/mol. The largest absolute Gasteiger partial charge is 0.437 e. The number of halogens is 1. The third-order valence-electron chi connectivity index (χ3n) is 2.78. The Balaban J connectivity index is 2.46. The molecule has 0 aliphatic heterocycles. The molecular formula is C14H14ClN3O2. The first kappa shape index (κ1) is 14.1.